The number of aliphatic hydroxyl groups excluding tert-OH is 10. The number of hydrogen-bond donors (Lipinski definition) is 10. The van der Waals surface area contributed by atoms with Crippen molar-refractivity contribution in [3.8, 4) is 0 Å². The van der Waals surface area contributed by atoms with Crippen LogP contribution in [-0.2, 0) is 0 Å². The zero-order valence-electron chi connectivity index (χ0n) is 15.9. The number of hydrogen-bond acceptors (Lipinski definition) is 10. The van der Waals surface area contributed by atoms with Crippen molar-refractivity contribution in [2.24, 2.45) is 0 Å². The molecule has 10 N–H and O–H groups in total. The van der Waals surface area contributed by atoms with Crippen LogP contribution in [0.15, 0.2) is 0 Å². The van der Waals surface area contributed by atoms with Crippen molar-refractivity contribution >= 4 is 23.2 Å². The molecule has 0 aromatic carbocycles. The van der Waals surface area contributed by atoms with Crippen LogP contribution in [0.3, 0.4) is 0 Å². The summed E-state index contributed by atoms with van der Waals surface area (Å²) < 4.78 is 0. The fourth-order valence-electron chi connectivity index (χ4n) is 0. The van der Waals surface area contributed by atoms with Gasteiger partial charge in [0.1, 0.15) is 0 Å². The highest BCUT2D eigenvalue weighted by molar-refractivity contribution is 6.40. The maximum atomic E-state index is 7.00. The van der Waals surface area contributed by atoms with Crippen LogP contribution in [0.4, 0.5) is 0 Å². The standard InChI is InChI=1S/CH2Cl2.10CH4O/c2-1-3;10*1-2/h1H2;10*2H,1H3. The summed E-state index contributed by atoms with van der Waals surface area (Å²) in [6.07, 6.45) is 0. The maximum Gasteiger partial charge on any atom is 0.0967 e. The smallest absolute Gasteiger partial charge is 0.0967 e. The third-order valence-corrected chi connectivity index (χ3v) is 0. The first-order valence-electron chi connectivity index (χ1n) is 5.01. The molecule has 160 valence electrons. The van der Waals surface area contributed by atoms with Crippen LogP contribution in [-0.4, -0.2) is 128 Å². The molecular weight excluding hydrogens is 363 g/mol. The molecule has 0 atom stereocenters. The van der Waals surface area contributed by atoms with Gasteiger partial charge in [0, 0.05) is 71.1 Å². The second-order valence-electron chi connectivity index (χ2n) is 0.101. The van der Waals surface area contributed by atoms with E-state index in [1.54, 1.807) is 0 Å². The van der Waals surface area contributed by atoms with Gasteiger partial charge in [0.2, 0.25) is 0 Å². The van der Waals surface area contributed by atoms with Gasteiger partial charge in [-0.1, -0.05) is 0 Å². The topological polar surface area (TPSA) is 202 Å². The van der Waals surface area contributed by atoms with E-state index in [-0.39, 0.29) is 5.34 Å². The lowest BCUT2D eigenvalue weighted by atomic mass is 11.8. The van der Waals surface area contributed by atoms with Crippen LogP contribution in [0.5, 0.6) is 0 Å². The predicted molar refractivity (Wildman–Crippen MR) is 98.0 cm³/mol. The second kappa shape index (κ2) is 7150. The SMILES string of the molecule is CO.CO.CO.CO.CO.CO.CO.CO.CO.CO.ClCCl. The third-order valence-electron chi connectivity index (χ3n) is 0. The van der Waals surface area contributed by atoms with E-state index in [1.807, 2.05) is 0 Å². The average molecular weight is 405 g/mol. The summed E-state index contributed by atoms with van der Waals surface area (Å²) in [5, 5.41) is 70.2. The molecule has 0 unspecified atom stereocenters. The summed E-state index contributed by atoms with van der Waals surface area (Å²) in [5.41, 5.74) is 0. The Hall–Kier alpha value is 0.180. The predicted octanol–water partition coefficient (Wildman–Crippen LogP) is -2.49. The molecule has 0 aliphatic rings. The minimum atomic E-state index is 0.194. The van der Waals surface area contributed by atoms with E-state index >= 15 is 0 Å². The highest BCUT2D eigenvalue weighted by Gasteiger charge is 1.41. The van der Waals surface area contributed by atoms with Gasteiger partial charge in [-0.3, -0.25) is 0 Å². The highest BCUT2D eigenvalue weighted by Crippen LogP contribution is 1.73. The Morgan fingerprint density at radius 3 is 0.304 bits per heavy atom. The summed E-state index contributed by atoms with van der Waals surface area (Å²) >= 11 is 9.53. The minimum Gasteiger partial charge on any atom is -0.400 e. The fourth-order valence-corrected chi connectivity index (χ4v) is 0. The summed E-state index contributed by atoms with van der Waals surface area (Å²) in [6.45, 7) is 0. The molecule has 0 radical (unpaired) electrons. The van der Waals surface area contributed by atoms with Crippen molar-refractivity contribution in [1.82, 2.24) is 0 Å². The Balaban J connectivity index is -0.00000000768. The van der Waals surface area contributed by atoms with Crippen molar-refractivity contribution in [2.45, 2.75) is 0 Å². The fraction of sp³-hybridized carbons (Fsp3) is 1.00. The Bertz CT molecular complexity index is 30.8. The van der Waals surface area contributed by atoms with E-state index in [4.69, 9.17) is 74.3 Å². The summed E-state index contributed by atoms with van der Waals surface area (Å²) in [7, 11) is 10.0. The van der Waals surface area contributed by atoms with E-state index in [0.29, 0.717) is 0 Å². The largest absolute Gasteiger partial charge is 0.400 e. The Labute approximate surface area is 151 Å². The van der Waals surface area contributed by atoms with Gasteiger partial charge in [-0.05, 0) is 0 Å². The molecule has 0 rings (SSSR count). The van der Waals surface area contributed by atoms with Gasteiger partial charge in [-0.25, -0.2) is 0 Å². The van der Waals surface area contributed by atoms with Gasteiger partial charge in [-0.15, -0.1) is 23.2 Å². The van der Waals surface area contributed by atoms with Crippen molar-refractivity contribution in [3.05, 3.63) is 0 Å². The molecule has 0 amide bonds. The monoisotopic (exact) mass is 404 g/mol. The van der Waals surface area contributed by atoms with E-state index in [1.165, 1.54) is 0 Å². The molecule has 0 heterocycles. The molecule has 0 aromatic heterocycles. The maximum absolute atomic E-state index is 7.00. The van der Waals surface area contributed by atoms with Crippen molar-refractivity contribution in [3.63, 3.8) is 0 Å². The molecule has 23 heavy (non-hydrogen) atoms. The van der Waals surface area contributed by atoms with Crippen LogP contribution in [0, 0.1) is 0 Å². The molecule has 0 saturated heterocycles. The lowest BCUT2D eigenvalue weighted by Crippen LogP contribution is -1.25. The number of rotatable bonds is 0. The number of halogens is 2. The quantitative estimate of drug-likeness (QED) is 0.192. The minimum absolute atomic E-state index is 0.194. The van der Waals surface area contributed by atoms with Crippen molar-refractivity contribution < 1.29 is 51.1 Å². The molecule has 0 aliphatic carbocycles. The lowest BCUT2D eigenvalue weighted by molar-refractivity contribution is 0.399. The first-order chi connectivity index (χ1) is 11.4. The molecule has 0 fully saturated rings. The van der Waals surface area contributed by atoms with E-state index in [9.17, 15) is 0 Å². The molecule has 0 aromatic rings. The Kier molecular flexibility index (Phi) is 23900. The van der Waals surface area contributed by atoms with Crippen LogP contribution in [0.25, 0.3) is 0 Å². The summed E-state index contributed by atoms with van der Waals surface area (Å²) in [5.74, 6) is 0. The van der Waals surface area contributed by atoms with Gasteiger partial charge in [0.25, 0.3) is 0 Å². The Morgan fingerprint density at radius 1 is 0.304 bits per heavy atom. The Morgan fingerprint density at radius 2 is 0.304 bits per heavy atom. The summed E-state index contributed by atoms with van der Waals surface area (Å²) in [4.78, 5) is 0. The van der Waals surface area contributed by atoms with E-state index < -0.39 is 0 Å². The van der Waals surface area contributed by atoms with Crippen LogP contribution in [0.2, 0.25) is 0 Å². The molecule has 0 aliphatic heterocycles. The third kappa shape index (κ3) is 279000. The van der Waals surface area contributed by atoms with E-state index in [2.05, 4.69) is 0 Å². The normalized spacial score (nSPS) is 3.39. The first kappa shape index (κ1) is 76.9. The number of aliphatic hydroxyl groups is 10. The van der Waals surface area contributed by atoms with Gasteiger partial charge in [0.05, 0.1) is 5.34 Å². The molecule has 0 saturated carbocycles. The molecular formula is C11H42Cl2O10. The van der Waals surface area contributed by atoms with Gasteiger partial charge < -0.3 is 51.1 Å². The second-order valence-corrected chi connectivity index (χ2v) is 0.909. The van der Waals surface area contributed by atoms with Gasteiger partial charge >= 0.3 is 0 Å². The highest BCUT2D eigenvalue weighted by atomic mass is 35.5. The van der Waals surface area contributed by atoms with Crippen LogP contribution < -0.4 is 0 Å². The van der Waals surface area contributed by atoms with Crippen molar-refractivity contribution in [2.75, 3.05) is 76.4 Å². The van der Waals surface area contributed by atoms with E-state index in [0.717, 1.165) is 71.1 Å². The first-order valence-corrected chi connectivity index (χ1v) is 6.08. The zero-order valence-corrected chi connectivity index (χ0v) is 17.4. The van der Waals surface area contributed by atoms with Gasteiger partial charge in [-0.2, -0.15) is 0 Å². The zero-order chi connectivity index (χ0) is 22.7. The molecule has 10 nitrogen and oxygen atoms in total. The van der Waals surface area contributed by atoms with Gasteiger partial charge in [0.15, 0.2) is 0 Å². The average Bonchev–Trinajstić information content (AvgIpc) is 2.77. The van der Waals surface area contributed by atoms with Crippen LogP contribution in [0.1, 0.15) is 0 Å². The number of alkyl halides is 2. The lowest BCUT2D eigenvalue weighted by Gasteiger charge is -1.42. The summed E-state index contributed by atoms with van der Waals surface area (Å²) in [6, 6.07) is 0. The molecule has 0 bridgehead atoms. The molecule has 0 spiro atoms. The van der Waals surface area contributed by atoms with Crippen molar-refractivity contribution in [1.29, 1.82) is 0 Å². The molecule has 12 heteroatoms. The van der Waals surface area contributed by atoms with Crippen LogP contribution >= 0.6 is 23.2 Å².